The van der Waals surface area contributed by atoms with Gasteiger partial charge in [-0.1, -0.05) is 36.1 Å². The molecule has 9 nitrogen and oxygen atoms in total. The van der Waals surface area contributed by atoms with Crippen LogP contribution in [0.4, 0.5) is 0 Å². The fraction of sp³-hybridized carbons (Fsp3) is 0.235. The normalized spacial score (nSPS) is 17.5. The van der Waals surface area contributed by atoms with E-state index in [4.69, 9.17) is 27.2 Å². The van der Waals surface area contributed by atoms with E-state index in [1.807, 2.05) is 0 Å². The highest BCUT2D eigenvalue weighted by molar-refractivity contribution is 8.26. The molecule has 3 N–H and O–H groups in total. The molecule has 148 valence electrons. The lowest BCUT2D eigenvalue weighted by atomic mass is 10.1. The minimum Gasteiger partial charge on any atom is -0.481 e. The quantitative estimate of drug-likeness (QED) is 0.416. The number of carbonyl (C=O) groups excluding carboxylic acids is 1. The summed E-state index contributed by atoms with van der Waals surface area (Å²) in [5.74, 6) is -4.30. The second-order valence-corrected chi connectivity index (χ2v) is 7.35. The number of carbonyl (C=O) groups is 4. The Bertz CT molecular complexity index is 864. The molecule has 1 amide bonds. The Hall–Kier alpha value is -2.92. The van der Waals surface area contributed by atoms with Gasteiger partial charge >= 0.3 is 17.9 Å². The fourth-order valence-corrected chi connectivity index (χ4v) is 3.61. The summed E-state index contributed by atoms with van der Waals surface area (Å²) in [6.45, 7) is 1.39. The maximum absolute atomic E-state index is 12.5. The fourth-order valence-electron chi connectivity index (χ4n) is 2.25. The SMILES string of the molecule is CC(Oc1ccc(/C=C2\SC(=S)N(C(CC(=O)O)C(=O)O)C2=O)cc1)C(=O)O. The summed E-state index contributed by atoms with van der Waals surface area (Å²) in [5, 5.41) is 26.9. The van der Waals surface area contributed by atoms with Crippen molar-refractivity contribution in [1.29, 1.82) is 0 Å². The van der Waals surface area contributed by atoms with Crippen LogP contribution in [0.15, 0.2) is 29.2 Å². The van der Waals surface area contributed by atoms with Gasteiger partial charge in [-0.3, -0.25) is 14.5 Å². The van der Waals surface area contributed by atoms with Crippen molar-refractivity contribution in [1.82, 2.24) is 4.90 Å². The lowest BCUT2D eigenvalue weighted by Gasteiger charge is -2.21. The van der Waals surface area contributed by atoms with Gasteiger partial charge in [-0.2, -0.15) is 0 Å². The third-order valence-corrected chi connectivity index (χ3v) is 4.96. The Morgan fingerprint density at radius 3 is 2.29 bits per heavy atom. The van der Waals surface area contributed by atoms with Crippen LogP contribution in [0, 0.1) is 0 Å². The number of rotatable bonds is 8. The predicted molar refractivity (Wildman–Crippen MR) is 103 cm³/mol. The van der Waals surface area contributed by atoms with E-state index in [9.17, 15) is 24.3 Å². The summed E-state index contributed by atoms with van der Waals surface area (Å²) in [4.78, 5) is 46.5. The van der Waals surface area contributed by atoms with Gasteiger partial charge in [0.1, 0.15) is 16.1 Å². The van der Waals surface area contributed by atoms with Crippen LogP contribution in [0.3, 0.4) is 0 Å². The number of hydrogen-bond donors (Lipinski definition) is 3. The van der Waals surface area contributed by atoms with E-state index in [-0.39, 0.29) is 9.23 Å². The van der Waals surface area contributed by atoms with Gasteiger partial charge in [0.15, 0.2) is 6.10 Å². The van der Waals surface area contributed by atoms with Gasteiger partial charge in [-0.25, -0.2) is 9.59 Å². The average molecular weight is 425 g/mol. The number of thioether (sulfide) groups is 1. The van der Waals surface area contributed by atoms with Crippen LogP contribution in [-0.2, 0) is 19.2 Å². The van der Waals surface area contributed by atoms with Gasteiger partial charge in [0.05, 0.1) is 11.3 Å². The molecular formula is C17H15NO8S2. The molecule has 1 aliphatic rings. The van der Waals surface area contributed by atoms with E-state index in [0.717, 1.165) is 16.7 Å². The van der Waals surface area contributed by atoms with Crippen LogP contribution < -0.4 is 4.74 Å². The molecule has 0 aromatic heterocycles. The molecule has 2 unspecified atom stereocenters. The number of nitrogens with zero attached hydrogens (tertiary/aromatic N) is 1. The van der Waals surface area contributed by atoms with Crippen molar-refractivity contribution in [2.75, 3.05) is 0 Å². The third kappa shape index (κ3) is 5.08. The molecule has 0 bridgehead atoms. The number of amides is 1. The molecule has 2 rings (SSSR count). The lowest BCUT2D eigenvalue weighted by Crippen LogP contribution is -2.45. The van der Waals surface area contributed by atoms with Crippen molar-refractivity contribution in [3.8, 4) is 5.75 Å². The maximum Gasteiger partial charge on any atom is 0.344 e. The Balaban J connectivity index is 2.19. The highest BCUT2D eigenvalue weighted by Crippen LogP contribution is 2.34. The summed E-state index contributed by atoms with van der Waals surface area (Å²) in [5.41, 5.74) is 0.570. The Labute approximate surface area is 168 Å². The smallest absolute Gasteiger partial charge is 0.344 e. The van der Waals surface area contributed by atoms with Crippen LogP contribution in [0.25, 0.3) is 6.08 Å². The minimum absolute atomic E-state index is 0.0415. The molecule has 28 heavy (non-hydrogen) atoms. The van der Waals surface area contributed by atoms with E-state index in [1.54, 1.807) is 12.1 Å². The molecule has 0 radical (unpaired) electrons. The summed E-state index contributed by atoms with van der Waals surface area (Å²) >= 11 is 5.92. The number of ether oxygens (including phenoxy) is 1. The molecule has 1 aromatic rings. The molecule has 0 saturated carbocycles. The van der Waals surface area contributed by atoms with E-state index in [0.29, 0.717) is 11.3 Å². The van der Waals surface area contributed by atoms with Gasteiger partial charge < -0.3 is 20.1 Å². The highest BCUT2D eigenvalue weighted by Gasteiger charge is 2.41. The first-order chi connectivity index (χ1) is 13.1. The Kier molecular flexibility index (Phi) is 6.75. The molecule has 0 aliphatic carbocycles. The summed E-state index contributed by atoms with van der Waals surface area (Å²) in [7, 11) is 0. The van der Waals surface area contributed by atoms with Crippen molar-refractivity contribution >= 4 is 58.2 Å². The van der Waals surface area contributed by atoms with E-state index in [2.05, 4.69) is 0 Å². The zero-order valence-electron chi connectivity index (χ0n) is 14.4. The third-order valence-electron chi connectivity index (χ3n) is 3.63. The van der Waals surface area contributed by atoms with E-state index >= 15 is 0 Å². The van der Waals surface area contributed by atoms with Gasteiger partial charge in [0.25, 0.3) is 5.91 Å². The Morgan fingerprint density at radius 1 is 1.18 bits per heavy atom. The highest BCUT2D eigenvalue weighted by atomic mass is 32.2. The monoisotopic (exact) mass is 425 g/mol. The molecule has 1 heterocycles. The van der Waals surface area contributed by atoms with Crippen LogP contribution in [0.5, 0.6) is 5.75 Å². The summed E-state index contributed by atoms with van der Waals surface area (Å²) in [6.07, 6.45) is -0.323. The summed E-state index contributed by atoms with van der Waals surface area (Å²) < 4.78 is 5.17. The first kappa shape index (κ1) is 21.4. The first-order valence-electron chi connectivity index (χ1n) is 7.81. The topological polar surface area (TPSA) is 141 Å². The molecule has 1 fully saturated rings. The molecule has 2 atom stereocenters. The number of carboxylic acid groups (broad SMARTS) is 3. The van der Waals surface area contributed by atoms with Crippen molar-refractivity contribution in [2.45, 2.75) is 25.5 Å². The lowest BCUT2D eigenvalue weighted by molar-refractivity contribution is -0.150. The van der Waals surface area contributed by atoms with E-state index in [1.165, 1.54) is 25.1 Å². The van der Waals surface area contributed by atoms with Crippen LogP contribution in [0.2, 0.25) is 0 Å². The van der Waals surface area contributed by atoms with Crippen LogP contribution in [-0.4, -0.2) is 60.5 Å². The summed E-state index contributed by atoms with van der Waals surface area (Å²) in [6, 6.07) is 4.63. The van der Waals surface area contributed by atoms with Crippen LogP contribution in [0.1, 0.15) is 18.9 Å². The van der Waals surface area contributed by atoms with Crippen molar-refractivity contribution in [3.05, 3.63) is 34.7 Å². The zero-order valence-corrected chi connectivity index (χ0v) is 16.0. The number of benzene rings is 1. The molecule has 1 aromatic carbocycles. The minimum atomic E-state index is -1.59. The van der Waals surface area contributed by atoms with Crippen molar-refractivity contribution < 1.29 is 39.2 Å². The first-order valence-corrected chi connectivity index (χ1v) is 9.03. The maximum atomic E-state index is 12.5. The van der Waals surface area contributed by atoms with Crippen LogP contribution >= 0.6 is 24.0 Å². The van der Waals surface area contributed by atoms with Crippen molar-refractivity contribution in [2.24, 2.45) is 0 Å². The molecule has 0 spiro atoms. The number of thiocarbonyl (C=S) groups is 1. The average Bonchev–Trinajstić information content (AvgIpc) is 2.87. The van der Waals surface area contributed by atoms with E-state index < -0.39 is 42.4 Å². The largest absolute Gasteiger partial charge is 0.481 e. The molecule has 1 aliphatic heterocycles. The number of hydrogen-bond acceptors (Lipinski definition) is 7. The second kappa shape index (κ2) is 8.85. The Morgan fingerprint density at radius 2 is 1.79 bits per heavy atom. The molecular weight excluding hydrogens is 410 g/mol. The standard InChI is InChI=1S/C17H15NO8S2/c1-8(15(22)23)26-10-4-2-9(3-5-10)6-12-14(21)18(17(27)28-12)11(16(24)25)7-13(19)20/h2-6,8,11H,7H2,1H3,(H,19,20)(H,22,23)(H,24,25)/b12-6-. The predicted octanol–water partition coefficient (Wildman–Crippen LogP) is 1.67. The van der Waals surface area contributed by atoms with Gasteiger partial charge in [-0.05, 0) is 30.7 Å². The molecule has 1 saturated heterocycles. The van der Waals surface area contributed by atoms with Gasteiger partial charge in [0.2, 0.25) is 0 Å². The number of aliphatic carboxylic acids is 3. The number of carboxylic acids is 3. The molecule has 11 heteroatoms. The van der Waals surface area contributed by atoms with Gasteiger partial charge in [-0.15, -0.1) is 0 Å². The van der Waals surface area contributed by atoms with Gasteiger partial charge in [0, 0.05) is 0 Å². The zero-order chi connectivity index (χ0) is 21.0. The van der Waals surface area contributed by atoms with Crippen molar-refractivity contribution in [3.63, 3.8) is 0 Å². The second-order valence-electron chi connectivity index (χ2n) is 5.67.